The highest BCUT2D eigenvalue weighted by Crippen LogP contribution is 2.17. The molecular weight excluding hydrogens is 190 g/mol. The van der Waals surface area contributed by atoms with E-state index in [0.29, 0.717) is 12.5 Å². The average Bonchev–Trinajstić information content (AvgIpc) is 2.61. The van der Waals surface area contributed by atoms with Crippen LogP contribution >= 0.6 is 0 Å². The maximum absolute atomic E-state index is 8.63. The van der Waals surface area contributed by atoms with Gasteiger partial charge in [0.05, 0.1) is 19.2 Å². The lowest BCUT2D eigenvalue weighted by molar-refractivity contribution is 0.239. The van der Waals surface area contributed by atoms with Crippen LogP contribution in [0, 0.1) is 11.3 Å². The van der Waals surface area contributed by atoms with Gasteiger partial charge in [-0.05, 0) is 0 Å². The van der Waals surface area contributed by atoms with Crippen molar-refractivity contribution in [3.05, 3.63) is 11.6 Å². The highest BCUT2D eigenvalue weighted by Gasteiger charge is 2.21. The Kier molecular flexibility index (Phi) is 2.69. The van der Waals surface area contributed by atoms with Gasteiger partial charge < -0.3 is 4.57 Å². The third-order valence-electron chi connectivity index (χ3n) is 2.67. The van der Waals surface area contributed by atoms with E-state index in [0.717, 1.165) is 31.3 Å². The first-order valence-electron chi connectivity index (χ1n) is 5.23. The number of aromatic nitrogens is 3. The first kappa shape index (κ1) is 10.1. The zero-order valence-corrected chi connectivity index (χ0v) is 9.14. The molecule has 0 atom stereocenters. The van der Waals surface area contributed by atoms with E-state index < -0.39 is 0 Å². The Morgan fingerprint density at radius 3 is 2.87 bits per heavy atom. The van der Waals surface area contributed by atoms with Crippen molar-refractivity contribution < 1.29 is 0 Å². The molecule has 0 aliphatic carbocycles. The Labute approximate surface area is 89.3 Å². The fraction of sp³-hybridized carbons (Fsp3) is 0.700. The van der Waals surface area contributed by atoms with Gasteiger partial charge in [-0.2, -0.15) is 5.26 Å². The second-order valence-electron chi connectivity index (χ2n) is 4.15. The summed E-state index contributed by atoms with van der Waals surface area (Å²) in [4.78, 5) is 2.09. The molecule has 0 amide bonds. The molecule has 0 bridgehead atoms. The number of nitrogens with zero attached hydrogens (tertiary/aromatic N) is 5. The molecule has 1 aliphatic heterocycles. The predicted molar refractivity (Wildman–Crippen MR) is 55.0 cm³/mol. The van der Waals surface area contributed by atoms with Crippen LogP contribution in [0.2, 0.25) is 0 Å². The van der Waals surface area contributed by atoms with Crippen molar-refractivity contribution in [2.24, 2.45) is 0 Å². The van der Waals surface area contributed by atoms with Gasteiger partial charge in [0.25, 0.3) is 0 Å². The summed E-state index contributed by atoms with van der Waals surface area (Å²) in [6, 6.07) is 2.17. The molecule has 80 valence electrons. The number of hydrogen-bond acceptors (Lipinski definition) is 4. The van der Waals surface area contributed by atoms with Gasteiger partial charge in [0, 0.05) is 19.0 Å². The Bertz CT molecular complexity index is 387. The summed E-state index contributed by atoms with van der Waals surface area (Å²) in [6.45, 7) is 7.28. The van der Waals surface area contributed by atoms with E-state index in [1.807, 2.05) is 0 Å². The largest absolute Gasteiger partial charge is 0.312 e. The Balaban J connectivity index is 2.19. The fourth-order valence-corrected chi connectivity index (χ4v) is 1.89. The van der Waals surface area contributed by atoms with Crippen LogP contribution in [0.25, 0.3) is 0 Å². The summed E-state index contributed by atoms with van der Waals surface area (Å²) in [5.41, 5.74) is 0. The molecule has 5 heteroatoms. The minimum Gasteiger partial charge on any atom is -0.312 e. The zero-order valence-electron chi connectivity index (χ0n) is 9.14. The van der Waals surface area contributed by atoms with Crippen LogP contribution in [0.15, 0.2) is 0 Å². The molecule has 0 saturated heterocycles. The van der Waals surface area contributed by atoms with Crippen LogP contribution in [0.1, 0.15) is 31.4 Å². The third kappa shape index (κ3) is 1.85. The molecule has 0 fully saturated rings. The van der Waals surface area contributed by atoms with Crippen LogP contribution in [-0.2, 0) is 13.1 Å². The van der Waals surface area contributed by atoms with Crippen LogP contribution in [0.5, 0.6) is 0 Å². The van der Waals surface area contributed by atoms with Crippen LogP contribution in [0.3, 0.4) is 0 Å². The summed E-state index contributed by atoms with van der Waals surface area (Å²) >= 11 is 0. The fourth-order valence-electron chi connectivity index (χ4n) is 1.89. The summed E-state index contributed by atoms with van der Waals surface area (Å²) in [5.74, 6) is 2.45. The van der Waals surface area contributed by atoms with Crippen molar-refractivity contribution in [3.8, 4) is 6.07 Å². The molecule has 1 aromatic heterocycles. The zero-order chi connectivity index (χ0) is 10.8. The van der Waals surface area contributed by atoms with E-state index in [9.17, 15) is 0 Å². The third-order valence-corrected chi connectivity index (χ3v) is 2.67. The highest BCUT2D eigenvalue weighted by atomic mass is 15.3. The molecule has 0 radical (unpaired) electrons. The molecule has 1 aromatic rings. The van der Waals surface area contributed by atoms with E-state index in [1.54, 1.807) is 0 Å². The molecule has 1 aliphatic rings. The molecule has 2 heterocycles. The molecule has 0 aromatic carbocycles. The maximum Gasteiger partial charge on any atom is 0.147 e. The van der Waals surface area contributed by atoms with Crippen molar-refractivity contribution in [1.29, 1.82) is 5.26 Å². The van der Waals surface area contributed by atoms with Gasteiger partial charge in [-0.25, -0.2) is 0 Å². The molecule has 0 N–H and O–H groups in total. The normalized spacial score (nSPS) is 16.4. The molecule has 2 rings (SSSR count). The summed E-state index contributed by atoms with van der Waals surface area (Å²) in [5, 5.41) is 17.0. The van der Waals surface area contributed by atoms with Crippen molar-refractivity contribution in [3.63, 3.8) is 0 Å². The lowest BCUT2D eigenvalue weighted by atomic mass is 10.2. The predicted octanol–water partition coefficient (Wildman–Crippen LogP) is 0.741. The van der Waals surface area contributed by atoms with Crippen molar-refractivity contribution >= 4 is 0 Å². The second-order valence-corrected chi connectivity index (χ2v) is 4.15. The first-order chi connectivity index (χ1) is 7.22. The lowest BCUT2D eigenvalue weighted by Gasteiger charge is -2.25. The standard InChI is InChI=1S/C10H15N5/c1-8(2)10-13-12-9-7-14(4-3-11)5-6-15(9)10/h8H,4-7H2,1-2H3. The number of fused-ring (bicyclic) bond motifs is 1. The van der Waals surface area contributed by atoms with E-state index in [-0.39, 0.29) is 0 Å². The highest BCUT2D eigenvalue weighted by molar-refractivity contribution is 5.03. The molecular formula is C10H15N5. The van der Waals surface area contributed by atoms with Crippen LogP contribution < -0.4 is 0 Å². The number of hydrogen-bond donors (Lipinski definition) is 0. The van der Waals surface area contributed by atoms with Crippen LogP contribution in [-0.4, -0.2) is 32.8 Å². The molecule has 5 nitrogen and oxygen atoms in total. The van der Waals surface area contributed by atoms with Crippen LogP contribution in [0.4, 0.5) is 0 Å². The van der Waals surface area contributed by atoms with Gasteiger partial charge >= 0.3 is 0 Å². The van der Waals surface area contributed by atoms with Gasteiger partial charge in [-0.3, -0.25) is 4.90 Å². The summed E-state index contributed by atoms with van der Waals surface area (Å²) < 4.78 is 2.18. The monoisotopic (exact) mass is 205 g/mol. The minimum absolute atomic E-state index is 0.411. The van der Waals surface area contributed by atoms with Gasteiger partial charge in [0.1, 0.15) is 11.6 Å². The Morgan fingerprint density at radius 1 is 1.40 bits per heavy atom. The molecule has 0 unspecified atom stereocenters. The van der Waals surface area contributed by atoms with Crippen molar-refractivity contribution in [2.75, 3.05) is 13.1 Å². The van der Waals surface area contributed by atoms with Gasteiger partial charge in [-0.1, -0.05) is 13.8 Å². The van der Waals surface area contributed by atoms with Crippen molar-refractivity contribution in [2.45, 2.75) is 32.9 Å². The SMILES string of the molecule is CC(C)c1nnc2n1CCN(CC#N)C2. The topological polar surface area (TPSA) is 57.7 Å². The Morgan fingerprint density at radius 2 is 2.20 bits per heavy atom. The van der Waals surface area contributed by atoms with Crippen molar-refractivity contribution in [1.82, 2.24) is 19.7 Å². The van der Waals surface area contributed by atoms with Gasteiger partial charge in [0.15, 0.2) is 0 Å². The summed E-state index contributed by atoms with van der Waals surface area (Å²) in [6.07, 6.45) is 0. The Hall–Kier alpha value is -1.41. The molecule has 0 saturated carbocycles. The minimum atomic E-state index is 0.411. The molecule has 0 spiro atoms. The maximum atomic E-state index is 8.63. The number of rotatable bonds is 2. The lowest BCUT2D eigenvalue weighted by Crippen LogP contribution is -2.34. The summed E-state index contributed by atoms with van der Waals surface area (Å²) in [7, 11) is 0. The smallest absolute Gasteiger partial charge is 0.147 e. The average molecular weight is 205 g/mol. The van der Waals surface area contributed by atoms with E-state index in [1.165, 1.54) is 0 Å². The van der Waals surface area contributed by atoms with Gasteiger partial charge in [-0.15, -0.1) is 10.2 Å². The second kappa shape index (κ2) is 3.99. The van der Waals surface area contributed by atoms with E-state index in [4.69, 9.17) is 5.26 Å². The van der Waals surface area contributed by atoms with Gasteiger partial charge in [0.2, 0.25) is 0 Å². The quantitative estimate of drug-likeness (QED) is 0.668. The van der Waals surface area contributed by atoms with E-state index in [2.05, 4.69) is 39.6 Å². The molecule has 15 heavy (non-hydrogen) atoms. The first-order valence-corrected chi connectivity index (χ1v) is 5.23. The van der Waals surface area contributed by atoms with E-state index >= 15 is 0 Å². The number of nitriles is 1.